The zero-order chi connectivity index (χ0) is 19.1. The predicted molar refractivity (Wildman–Crippen MR) is 95.9 cm³/mol. The minimum Gasteiger partial charge on any atom is -0.477 e. The summed E-state index contributed by atoms with van der Waals surface area (Å²) in [6.45, 7) is 1.67. The number of carboxylic acids is 1. The number of β-lactam (4-membered cyclic amide) rings is 1. The molecule has 0 radical (unpaired) electrons. The van der Waals surface area contributed by atoms with Crippen molar-refractivity contribution in [3.8, 4) is 0 Å². The van der Waals surface area contributed by atoms with Crippen molar-refractivity contribution < 1.29 is 24.2 Å². The Labute approximate surface area is 154 Å². The third-order valence-electron chi connectivity index (χ3n) is 4.48. The summed E-state index contributed by atoms with van der Waals surface area (Å²) in [6, 6.07) is 6.95. The first-order valence-corrected chi connectivity index (χ1v) is 8.94. The fourth-order valence-electron chi connectivity index (χ4n) is 3.15. The van der Waals surface area contributed by atoms with Crippen LogP contribution in [-0.2, 0) is 25.5 Å². The van der Waals surface area contributed by atoms with Crippen LogP contribution < -0.4 is 11.1 Å². The van der Waals surface area contributed by atoms with Crippen molar-refractivity contribution in [2.24, 2.45) is 0 Å². The van der Waals surface area contributed by atoms with Gasteiger partial charge < -0.3 is 20.9 Å². The number of carbonyl (C=O) groups is 3. The predicted octanol–water partition coefficient (Wildman–Crippen LogP) is 0.544. The van der Waals surface area contributed by atoms with Gasteiger partial charge in [0.1, 0.15) is 11.1 Å². The van der Waals surface area contributed by atoms with Gasteiger partial charge in [0.15, 0.2) is 0 Å². The molecule has 0 aromatic heterocycles. The first-order chi connectivity index (χ1) is 12.3. The van der Waals surface area contributed by atoms with Crippen LogP contribution in [0.4, 0.5) is 5.69 Å². The molecule has 2 aliphatic heterocycles. The quantitative estimate of drug-likeness (QED) is 0.389. The molecule has 1 fully saturated rings. The van der Waals surface area contributed by atoms with Gasteiger partial charge in [-0.3, -0.25) is 14.5 Å². The maximum absolute atomic E-state index is 12.7. The summed E-state index contributed by atoms with van der Waals surface area (Å²) in [6.07, 6.45) is -0.0108. The lowest BCUT2D eigenvalue weighted by Crippen LogP contribution is -2.80. The van der Waals surface area contributed by atoms with Gasteiger partial charge >= 0.3 is 5.97 Å². The second-order valence-electron chi connectivity index (χ2n) is 6.14. The second-order valence-corrected chi connectivity index (χ2v) is 7.20. The zero-order valence-electron chi connectivity index (χ0n) is 14.3. The number of anilines is 1. The molecule has 2 heterocycles. The van der Waals surface area contributed by atoms with Gasteiger partial charge in [0.25, 0.3) is 11.6 Å². The summed E-state index contributed by atoms with van der Waals surface area (Å²) in [7, 11) is 1.32. The third kappa shape index (κ3) is 2.73. The van der Waals surface area contributed by atoms with Gasteiger partial charge in [-0.2, -0.15) is 0 Å². The normalized spacial score (nSPS) is 24.8. The molecular formula is C17H19N3O5S. The van der Waals surface area contributed by atoms with Gasteiger partial charge in [-0.25, -0.2) is 4.79 Å². The highest BCUT2D eigenvalue weighted by molar-refractivity contribution is 8.00. The van der Waals surface area contributed by atoms with E-state index in [0.29, 0.717) is 22.6 Å². The van der Waals surface area contributed by atoms with Crippen LogP contribution in [0.25, 0.3) is 0 Å². The Balaban J connectivity index is 1.81. The first kappa shape index (κ1) is 18.3. The molecule has 1 aromatic carbocycles. The summed E-state index contributed by atoms with van der Waals surface area (Å²) in [4.78, 5) is 37.9. The average molecular weight is 377 g/mol. The lowest BCUT2D eigenvalue weighted by Gasteiger charge is -2.55. The SMILES string of the molecule is COC1(NC(=O)Cc2ccccc2N)C(=O)N2C(C(=O)O)=C(C)CS[C@H]21. The average Bonchev–Trinajstić information content (AvgIpc) is 2.60. The van der Waals surface area contributed by atoms with Gasteiger partial charge in [0.2, 0.25) is 5.91 Å². The summed E-state index contributed by atoms with van der Waals surface area (Å²) in [5.41, 5.74) is 5.94. The van der Waals surface area contributed by atoms with Gasteiger partial charge in [0.05, 0.1) is 6.42 Å². The van der Waals surface area contributed by atoms with Gasteiger partial charge in [0, 0.05) is 18.6 Å². The molecule has 0 bridgehead atoms. The van der Waals surface area contributed by atoms with E-state index in [0.717, 1.165) is 0 Å². The van der Waals surface area contributed by atoms with Crippen molar-refractivity contribution >= 4 is 35.2 Å². The smallest absolute Gasteiger partial charge is 0.352 e. The minimum absolute atomic E-state index is 0.0108. The van der Waals surface area contributed by atoms with Crippen molar-refractivity contribution in [1.82, 2.24) is 10.2 Å². The van der Waals surface area contributed by atoms with Crippen LogP contribution in [0, 0.1) is 0 Å². The van der Waals surface area contributed by atoms with Crippen LogP contribution in [0.1, 0.15) is 12.5 Å². The first-order valence-electron chi connectivity index (χ1n) is 7.89. The van der Waals surface area contributed by atoms with Crippen LogP contribution in [0.3, 0.4) is 0 Å². The largest absolute Gasteiger partial charge is 0.477 e. The Hall–Kier alpha value is -2.52. The van der Waals surface area contributed by atoms with E-state index in [-0.39, 0.29) is 12.1 Å². The Morgan fingerprint density at radius 1 is 1.46 bits per heavy atom. The maximum Gasteiger partial charge on any atom is 0.352 e. The Morgan fingerprint density at radius 3 is 2.77 bits per heavy atom. The van der Waals surface area contributed by atoms with Gasteiger partial charge in [-0.05, 0) is 24.1 Å². The molecule has 0 spiro atoms. The molecule has 4 N–H and O–H groups in total. The molecule has 1 aromatic rings. The highest BCUT2D eigenvalue weighted by Crippen LogP contribution is 2.46. The lowest BCUT2D eigenvalue weighted by molar-refractivity contribution is -0.192. The third-order valence-corrected chi connectivity index (χ3v) is 5.94. The number of carbonyl (C=O) groups excluding carboxylic acids is 2. The molecule has 9 heteroatoms. The number of rotatable bonds is 5. The van der Waals surface area contributed by atoms with Crippen molar-refractivity contribution in [2.75, 3.05) is 18.6 Å². The standard InChI is InChI=1S/C17H19N3O5S/c1-9-8-26-16-17(25-2,15(24)20(16)13(9)14(22)23)19-12(21)7-10-5-3-4-6-11(10)18/h3-6,16H,7-8,18H2,1-2H3,(H,19,21)(H,22,23)/t16-,17?/m0/s1. The Bertz CT molecular complexity index is 824. The fraction of sp³-hybridized carbons (Fsp3) is 0.353. The fourth-order valence-corrected chi connectivity index (χ4v) is 4.54. The molecule has 2 amide bonds. The number of thioether (sulfide) groups is 1. The highest BCUT2D eigenvalue weighted by Gasteiger charge is 2.66. The molecular weight excluding hydrogens is 358 g/mol. The number of benzene rings is 1. The van der Waals surface area contributed by atoms with Gasteiger partial charge in [-0.15, -0.1) is 11.8 Å². The summed E-state index contributed by atoms with van der Waals surface area (Å²) in [5, 5.41) is 11.4. The van der Waals surface area contributed by atoms with E-state index in [1.165, 1.54) is 23.8 Å². The number of nitrogens with one attached hydrogen (secondary N) is 1. The summed E-state index contributed by atoms with van der Waals surface area (Å²) >= 11 is 1.35. The van der Waals surface area contributed by atoms with Gasteiger partial charge in [-0.1, -0.05) is 18.2 Å². The molecule has 2 atom stereocenters. The van der Waals surface area contributed by atoms with Crippen molar-refractivity contribution in [3.05, 3.63) is 41.1 Å². The molecule has 0 saturated carbocycles. The molecule has 138 valence electrons. The zero-order valence-corrected chi connectivity index (χ0v) is 15.1. The number of ether oxygens (including phenoxy) is 1. The Morgan fingerprint density at radius 2 is 2.15 bits per heavy atom. The highest BCUT2D eigenvalue weighted by atomic mass is 32.2. The number of aliphatic carboxylic acids is 1. The molecule has 0 aliphatic carbocycles. The maximum atomic E-state index is 12.7. The molecule has 2 aliphatic rings. The van der Waals surface area contributed by atoms with Crippen LogP contribution >= 0.6 is 11.8 Å². The van der Waals surface area contributed by atoms with E-state index in [9.17, 15) is 19.5 Å². The van der Waals surface area contributed by atoms with Crippen LogP contribution in [0.15, 0.2) is 35.5 Å². The molecule has 26 heavy (non-hydrogen) atoms. The monoisotopic (exact) mass is 377 g/mol. The number of methoxy groups -OCH3 is 1. The number of hydrogen-bond donors (Lipinski definition) is 3. The van der Waals surface area contributed by atoms with E-state index >= 15 is 0 Å². The van der Waals surface area contributed by atoms with Crippen molar-refractivity contribution in [2.45, 2.75) is 24.4 Å². The number of nitrogens with zero attached hydrogens (tertiary/aromatic N) is 1. The number of amides is 2. The van der Waals surface area contributed by atoms with Crippen LogP contribution in [-0.4, -0.2) is 51.8 Å². The molecule has 1 unspecified atom stereocenters. The number of para-hydroxylation sites is 1. The van der Waals surface area contributed by atoms with E-state index < -0.39 is 28.9 Å². The molecule has 3 rings (SSSR count). The topological polar surface area (TPSA) is 122 Å². The molecule has 1 saturated heterocycles. The van der Waals surface area contributed by atoms with E-state index in [1.807, 2.05) is 0 Å². The van der Waals surface area contributed by atoms with E-state index in [4.69, 9.17) is 10.5 Å². The Kier molecular flexibility index (Phi) is 4.68. The van der Waals surface area contributed by atoms with Crippen molar-refractivity contribution in [1.29, 1.82) is 0 Å². The molecule has 8 nitrogen and oxygen atoms in total. The minimum atomic E-state index is -1.58. The van der Waals surface area contributed by atoms with Crippen LogP contribution in [0.5, 0.6) is 0 Å². The van der Waals surface area contributed by atoms with E-state index in [1.54, 1.807) is 31.2 Å². The number of fused-ring (bicyclic) bond motifs is 1. The summed E-state index contributed by atoms with van der Waals surface area (Å²) in [5.74, 6) is -1.76. The van der Waals surface area contributed by atoms with Crippen LogP contribution in [0.2, 0.25) is 0 Å². The summed E-state index contributed by atoms with van der Waals surface area (Å²) < 4.78 is 5.37. The lowest BCUT2D eigenvalue weighted by atomic mass is 9.97. The number of nitrogen functional groups attached to an aromatic ring is 1. The second kappa shape index (κ2) is 6.65. The number of carboxylic acid groups (broad SMARTS) is 1. The van der Waals surface area contributed by atoms with E-state index in [2.05, 4.69) is 5.32 Å². The number of hydrogen-bond acceptors (Lipinski definition) is 6. The number of nitrogens with two attached hydrogens (primary N) is 1. The van der Waals surface area contributed by atoms with Crippen molar-refractivity contribution in [3.63, 3.8) is 0 Å².